The van der Waals surface area contributed by atoms with Crippen molar-refractivity contribution in [3.05, 3.63) is 47.0 Å². The van der Waals surface area contributed by atoms with Gasteiger partial charge in [-0.15, -0.1) is 0 Å². The summed E-state index contributed by atoms with van der Waals surface area (Å²) >= 11 is 0. The smallest absolute Gasteiger partial charge is 0.259 e. The second-order valence-electron chi connectivity index (χ2n) is 5.09. The molecule has 1 saturated heterocycles. The van der Waals surface area contributed by atoms with Crippen LogP contribution in [0.25, 0.3) is 5.82 Å². The van der Waals surface area contributed by atoms with Crippen molar-refractivity contribution in [1.82, 2.24) is 14.9 Å². The summed E-state index contributed by atoms with van der Waals surface area (Å²) in [5.41, 5.74) is 6.00. The van der Waals surface area contributed by atoms with E-state index in [4.69, 9.17) is 10.5 Å². The van der Waals surface area contributed by atoms with Crippen molar-refractivity contribution in [2.75, 3.05) is 18.8 Å². The first-order chi connectivity index (χ1) is 10.2. The van der Waals surface area contributed by atoms with E-state index >= 15 is 0 Å². The molecule has 0 spiro atoms. The number of piperidine rings is 1. The lowest BCUT2D eigenvalue weighted by atomic mass is 10.1. The lowest BCUT2D eigenvalue weighted by Crippen LogP contribution is -2.34. The van der Waals surface area contributed by atoms with Crippen molar-refractivity contribution in [2.24, 2.45) is 0 Å². The van der Waals surface area contributed by atoms with Crippen LogP contribution >= 0.6 is 0 Å². The molecular formula is C15H18N4O2. The van der Waals surface area contributed by atoms with Crippen molar-refractivity contribution in [2.45, 2.75) is 18.9 Å². The van der Waals surface area contributed by atoms with Crippen molar-refractivity contribution in [3.8, 4) is 11.6 Å². The van der Waals surface area contributed by atoms with Crippen molar-refractivity contribution >= 4 is 5.69 Å². The number of nitrogen functional groups attached to an aromatic ring is 1. The number of pyridine rings is 2. The number of hydrogen-bond acceptors (Lipinski definition) is 5. The number of anilines is 1. The van der Waals surface area contributed by atoms with Crippen LogP contribution in [0, 0.1) is 0 Å². The molecule has 3 heterocycles. The third kappa shape index (κ3) is 3.22. The van der Waals surface area contributed by atoms with Gasteiger partial charge in [0.1, 0.15) is 17.7 Å². The molecule has 21 heavy (non-hydrogen) atoms. The standard InChI is InChI=1S/C15H18N4O2/c16-11-1-2-14(18-10-11)19-8-5-13(9-15(19)20)21-12-3-6-17-7-4-12/h1-2,5,8-10,12,17H,3-4,6-7,16H2. The van der Waals surface area contributed by atoms with Gasteiger partial charge in [-0.1, -0.05) is 0 Å². The highest BCUT2D eigenvalue weighted by atomic mass is 16.5. The van der Waals surface area contributed by atoms with Crippen LogP contribution in [0.2, 0.25) is 0 Å². The number of ether oxygens (including phenoxy) is 1. The summed E-state index contributed by atoms with van der Waals surface area (Å²) < 4.78 is 7.32. The Labute approximate surface area is 122 Å². The molecule has 1 aliphatic heterocycles. The molecule has 6 nitrogen and oxygen atoms in total. The van der Waals surface area contributed by atoms with Gasteiger partial charge >= 0.3 is 0 Å². The number of aromatic nitrogens is 2. The fourth-order valence-electron chi connectivity index (χ4n) is 2.37. The molecular weight excluding hydrogens is 268 g/mol. The monoisotopic (exact) mass is 286 g/mol. The molecule has 0 saturated carbocycles. The van der Waals surface area contributed by atoms with Crippen molar-refractivity contribution in [1.29, 1.82) is 0 Å². The third-order valence-electron chi connectivity index (χ3n) is 3.50. The molecule has 0 bridgehead atoms. The minimum absolute atomic E-state index is 0.168. The summed E-state index contributed by atoms with van der Waals surface area (Å²) in [7, 11) is 0. The van der Waals surface area contributed by atoms with E-state index < -0.39 is 0 Å². The van der Waals surface area contributed by atoms with Crippen molar-refractivity contribution in [3.63, 3.8) is 0 Å². The molecule has 2 aromatic heterocycles. The van der Waals surface area contributed by atoms with Crippen LogP contribution in [0.4, 0.5) is 5.69 Å². The number of hydrogen-bond donors (Lipinski definition) is 2. The molecule has 3 N–H and O–H groups in total. The summed E-state index contributed by atoms with van der Waals surface area (Å²) in [6.07, 6.45) is 5.31. The van der Waals surface area contributed by atoms with Crippen LogP contribution in [0.3, 0.4) is 0 Å². The zero-order chi connectivity index (χ0) is 14.7. The first-order valence-corrected chi connectivity index (χ1v) is 7.04. The quantitative estimate of drug-likeness (QED) is 0.877. The minimum Gasteiger partial charge on any atom is -0.490 e. The van der Waals surface area contributed by atoms with Gasteiger partial charge in [-0.25, -0.2) is 4.98 Å². The molecule has 0 aliphatic carbocycles. The third-order valence-corrected chi connectivity index (χ3v) is 3.50. The van der Waals surface area contributed by atoms with Crippen LogP contribution in [0.1, 0.15) is 12.8 Å². The van der Waals surface area contributed by atoms with Gasteiger partial charge in [0, 0.05) is 12.3 Å². The SMILES string of the molecule is Nc1ccc(-n2ccc(OC3CCNCC3)cc2=O)nc1. The topological polar surface area (TPSA) is 82.2 Å². The zero-order valence-electron chi connectivity index (χ0n) is 11.7. The van der Waals surface area contributed by atoms with Gasteiger partial charge in [0.25, 0.3) is 5.56 Å². The first kappa shape index (κ1) is 13.6. The molecule has 3 rings (SSSR count). The highest BCUT2D eigenvalue weighted by Gasteiger charge is 2.14. The van der Waals surface area contributed by atoms with Crippen LogP contribution in [0.5, 0.6) is 5.75 Å². The fourth-order valence-corrected chi connectivity index (χ4v) is 2.37. The Morgan fingerprint density at radius 3 is 2.76 bits per heavy atom. The van der Waals surface area contributed by atoms with Gasteiger partial charge < -0.3 is 15.8 Å². The average Bonchev–Trinajstić information content (AvgIpc) is 2.50. The predicted molar refractivity (Wildman–Crippen MR) is 80.8 cm³/mol. The lowest BCUT2D eigenvalue weighted by molar-refractivity contribution is 0.162. The van der Waals surface area contributed by atoms with Crippen LogP contribution < -0.4 is 21.3 Å². The molecule has 110 valence electrons. The molecule has 1 aliphatic rings. The minimum atomic E-state index is -0.168. The van der Waals surface area contributed by atoms with E-state index in [-0.39, 0.29) is 11.7 Å². The number of nitrogens with one attached hydrogen (secondary N) is 1. The Balaban J connectivity index is 1.79. The van der Waals surface area contributed by atoms with Crippen LogP contribution in [0.15, 0.2) is 41.5 Å². The molecule has 0 aromatic carbocycles. The van der Waals surface area contributed by atoms with Gasteiger partial charge in [-0.05, 0) is 44.1 Å². The summed E-state index contributed by atoms with van der Waals surface area (Å²) in [6, 6.07) is 6.72. The first-order valence-electron chi connectivity index (χ1n) is 7.04. The molecule has 0 atom stereocenters. The van der Waals surface area contributed by atoms with Gasteiger partial charge in [0.05, 0.1) is 11.9 Å². The number of nitrogens with two attached hydrogens (primary N) is 1. The molecule has 2 aromatic rings. The summed E-state index contributed by atoms with van der Waals surface area (Å²) in [4.78, 5) is 16.3. The number of rotatable bonds is 3. The fraction of sp³-hybridized carbons (Fsp3) is 0.333. The van der Waals surface area contributed by atoms with E-state index in [1.807, 2.05) is 0 Å². The Morgan fingerprint density at radius 1 is 1.29 bits per heavy atom. The van der Waals surface area contributed by atoms with E-state index in [2.05, 4.69) is 10.3 Å². The molecule has 0 radical (unpaired) electrons. The number of nitrogens with zero attached hydrogens (tertiary/aromatic N) is 2. The molecule has 6 heteroatoms. The lowest BCUT2D eigenvalue weighted by Gasteiger charge is -2.23. The van der Waals surface area contributed by atoms with Gasteiger partial charge in [0.2, 0.25) is 0 Å². The maximum Gasteiger partial charge on any atom is 0.259 e. The Kier molecular flexibility index (Phi) is 3.87. The molecule has 0 amide bonds. The second kappa shape index (κ2) is 5.97. The van der Waals surface area contributed by atoms with Crippen LogP contribution in [-0.4, -0.2) is 28.7 Å². The van der Waals surface area contributed by atoms with E-state index in [0.717, 1.165) is 25.9 Å². The zero-order valence-corrected chi connectivity index (χ0v) is 11.7. The Hall–Kier alpha value is -2.34. The summed E-state index contributed by atoms with van der Waals surface area (Å²) in [6.45, 7) is 1.91. The highest BCUT2D eigenvalue weighted by molar-refractivity contribution is 5.39. The Morgan fingerprint density at radius 2 is 2.10 bits per heavy atom. The van der Waals surface area contributed by atoms with E-state index in [1.54, 1.807) is 24.4 Å². The van der Waals surface area contributed by atoms with Crippen LogP contribution in [-0.2, 0) is 0 Å². The maximum atomic E-state index is 12.2. The summed E-state index contributed by atoms with van der Waals surface area (Å²) in [5, 5.41) is 3.28. The normalized spacial score (nSPS) is 15.8. The van der Waals surface area contributed by atoms with E-state index in [0.29, 0.717) is 17.3 Å². The summed E-state index contributed by atoms with van der Waals surface area (Å²) in [5.74, 6) is 1.15. The van der Waals surface area contributed by atoms with E-state index in [1.165, 1.54) is 16.8 Å². The van der Waals surface area contributed by atoms with E-state index in [9.17, 15) is 4.79 Å². The maximum absolute atomic E-state index is 12.2. The molecule has 1 fully saturated rings. The molecule has 0 unspecified atom stereocenters. The van der Waals surface area contributed by atoms with Gasteiger partial charge in [0.15, 0.2) is 0 Å². The predicted octanol–water partition coefficient (Wildman–Crippen LogP) is 0.945. The largest absolute Gasteiger partial charge is 0.490 e. The van der Waals surface area contributed by atoms with Crippen molar-refractivity contribution < 1.29 is 4.74 Å². The highest BCUT2D eigenvalue weighted by Crippen LogP contribution is 2.15. The average molecular weight is 286 g/mol. The van der Waals surface area contributed by atoms with Gasteiger partial charge in [-0.3, -0.25) is 9.36 Å². The Bertz CT molecular complexity index is 660. The second-order valence-corrected chi connectivity index (χ2v) is 5.09. The van der Waals surface area contributed by atoms with Gasteiger partial charge in [-0.2, -0.15) is 0 Å².